The summed E-state index contributed by atoms with van der Waals surface area (Å²) in [4.78, 5) is 193. The molecule has 12 amide bonds. The number of imidazole rings is 1. The van der Waals surface area contributed by atoms with Gasteiger partial charge in [0.1, 0.15) is 60.4 Å². The number of benzene rings is 1. The van der Waals surface area contributed by atoms with Crippen LogP contribution in [-0.2, 0) is 75.2 Å². The molecule has 5 aliphatic heterocycles. The van der Waals surface area contributed by atoms with E-state index >= 15 is 0 Å². The monoisotopic (exact) mass is 1200 g/mol. The Labute approximate surface area is 494 Å². The molecule has 464 valence electrons. The predicted molar refractivity (Wildman–Crippen MR) is 303 cm³/mol. The minimum Gasteiger partial charge on any atom is -0.480 e. The number of fused-ring (bicyclic) bond motifs is 1. The number of carboxylic acids is 1. The van der Waals surface area contributed by atoms with Crippen LogP contribution >= 0.6 is 0 Å². The van der Waals surface area contributed by atoms with Gasteiger partial charge in [0.25, 0.3) is 0 Å². The number of amides is 12. The van der Waals surface area contributed by atoms with E-state index in [1.165, 1.54) is 32.1 Å². The molecule has 29 heteroatoms. The van der Waals surface area contributed by atoms with E-state index in [0.29, 0.717) is 49.8 Å². The molecule has 5 aliphatic rings. The summed E-state index contributed by atoms with van der Waals surface area (Å²) in [5.41, 5.74) is 12.8. The maximum absolute atomic E-state index is 15.0. The average Bonchev–Trinajstić information content (AvgIpc) is 2.63. The van der Waals surface area contributed by atoms with Crippen molar-refractivity contribution in [1.29, 1.82) is 0 Å². The van der Waals surface area contributed by atoms with Gasteiger partial charge in [0, 0.05) is 80.9 Å². The lowest BCUT2D eigenvalue weighted by Gasteiger charge is -2.34. The molecule has 7 heterocycles. The Balaban J connectivity index is 0.980. The highest BCUT2D eigenvalue weighted by atomic mass is 16.4. The molecule has 2 aromatic heterocycles. The van der Waals surface area contributed by atoms with E-state index in [4.69, 9.17) is 11.5 Å². The largest absolute Gasteiger partial charge is 0.480 e. The van der Waals surface area contributed by atoms with Gasteiger partial charge in [-0.2, -0.15) is 0 Å². The molecule has 3 aromatic rings. The lowest BCUT2D eigenvalue weighted by molar-refractivity contribution is -0.152. The molecule has 0 spiro atoms. The number of nitrogens with one attached hydrogen (secondary N) is 8. The van der Waals surface area contributed by atoms with Crippen molar-refractivity contribution in [1.82, 2.24) is 66.5 Å². The van der Waals surface area contributed by atoms with Crippen molar-refractivity contribution in [2.24, 2.45) is 17.4 Å². The van der Waals surface area contributed by atoms with Crippen LogP contribution in [0.4, 0.5) is 0 Å². The van der Waals surface area contributed by atoms with Crippen molar-refractivity contribution in [2.45, 2.75) is 177 Å². The van der Waals surface area contributed by atoms with Crippen molar-refractivity contribution >= 4 is 87.8 Å². The van der Waals surface area contributed by atoms with Gasteiger partial charge < -0.3 is 78.0 Å². The summed E-state index contributed by atoms with van der Waals surface area (Å²) < 4.78 is 0. The summed E-state index contributed by atoms with van der Waals surface area (Å²) >= 11 is 0. The van der Waals surface area contributed by atoms with Crippen molar-refractivity contribution in [3.8, 4) is 0 Å². The van der Waals surface area contributed by atoms with E-state index in [1.54, 1.807) is 26.1 Å². The van der Waals surface area contributed by atoms with Crippen molar-refractivity contribution in [3.05, 3.63) is 54.2 Å². The number of primary amides is 2. The fourth-order valence-corrected chi connectivity index (χ4v) is 12.3. The fraction of sp³-hybridized carbons (Fsp3) is 0.579. The van der Waals surface area contributed by atoms with Crippen LogP contribution in [0.5, 0.6) is 0 Å². The third-order valence-electron chi connectivity index (χ3n) is 17.1. The van der Waals surface area contributed by atoms with Crippen molar-refractivity contribution in [3.63, 3.8) is 0 Å². The molecular formula is C57H77N15O14. The molecule has 1 aromatic carbocycles. The molecule has 5 fully saturated rings. The van der Waals surface area contributed by atoms with E-state index in [-0.39, 0.29) is 89.9 Å². The Morgan fingerprint density at radius 2 is 1.22 bits per heavy atom. The minimum absolute atomic E-state index is 0.0467. The molecular weight excluding hydrogens is 1120 g/mol. The summed E-state index contributed by atoms with van der Waals surface area (Å²) in [6, 6.07) is -5.06. The first kappa shape index (κ1) is 63.1. The molecule has 29 nitrogen and oxygen atoms in total. The zero-order valence-corrected chi connectivity index (χ0v) is 48.2. The summed E-state index contributed by atoms with van der Waals surface area (Å²) in [5.74, 6) is -10.2. The van der Waals surface area contributed by atoms with Crippen LogP contribution in [0.2, 0.25) is 0 Å². The normalized spacial score (nSPS) is 22.3. The Kier molecular flexibility index (Phi) is 20.8. The topological polar surface area (TPSA) is 424 Å². The molecule has 11 atom stereocenters. The number of aliphatic carboxylic acids is 1. The lowest BCUT2D eigenvalue weighted by Crippen LogP contribution is -2.61. The SMILES string of the molecule is CC[C@H](C)[C@H](NC(=O)[C@H](CCC(N)=O)NC(=O)[C@@H]1CCCN1C(=O)[C@H](Cc1cnc[nH]1)NC(=O)[C@@H]1CCCN1C(=O)[C@H](Cc1c[nH]c2ccccc12)NC(=O)[C@H](CC(N)=O)NC(=O)[C@@H]1CCC(=O)N1)C(=O)N1CCC[C@H]1C(=O)N1CCC[C@H]1C(=O)O. The van der Waals surface area contributed by atoms with Gasteiger partial charge in [-0.3, -0.25) is 57.5 Å². The van der Waals surface area contributed by atoms with E-state index in [2.05, 4.69) is 46.9 Å². The number of aromatic amines is 2. The fourth-order valence-electron chi connectivity index (χ4n) is 12.3. The highest BCUT2D eigenvalue weighted by molar-refractivity contribution is 6.01. The predicted octanol–water partition coefficient (Wildman–Crippen LogP) is -2.39. The summed E-state index contributed by atoms with van der Waals surface area (Å²) in [7, 11) is 0. The first-order chi connectivity index (χ1) is 41.1. The second-order valence-corrected chi connectivity index (χ2v) is 22.9. The van der Waals surface area contributed by atoms with Gasteiger partial charge in [-0.05, 0) is 81.8 Å². The highest BCUT2D eigenvalue weighted by Gasteiger charge is 2.47. The smallest absolute Gasteiger partial charge is 0.326 e. The Bertz CT molecular complexity index is 3080. The number of aromatic nitrogens is 3. The molecule has 13 N–H and O–H groups in total. The van der Waals surface area contributed by atoms with Gasteiger partial charge in [-0.25, -0.2) is 9.78 Å². The number of carbonyl (C=O) groups is 13. The Morgan fingerprint density at radius 1 is 0.651 bits per heavy atom. The van der Waals surface area contributed by atoms with E-state index in [0.717, 1.165) is 10.9 Å². The van der Waals surface area contributed by atoms with Crippen LogP contribution in [-0.4, -0.2) is 203 Å². The zero-order chi connectivity index (χ0) is 61.9. The number of likely N-dealkylation sites (tertiary alicyclic amines) is 4. The average molecular weight is 1200 g/mol. The van der Waals surface area contributed by atoms with Crippen LogP contribution < -0.4 is 43.4 Å². The second kappa shape index (κ2) is 28.3. The Morgan fingerprint density at radius 3 is 1.80 bits per heavy atom. The van der Waals surface area contributed by atoms with E-state index in [9.17, 15) is 67.4 Å². The number of carbonyl (C=O) groups excluding carboxylic acids is 12. The maximum Gasteiger partial charge on any atom is 0.326 e. The third-order valence-corrected chi connectivity index (χ3v) is 17.1. The molecule has 5 saturated heterocycles. The van der Waals surface area contributed by atoms with Crippen LogP contribution in [0.3, 0.4) is 0 Å². The van der Waals surface area contributed by atoms with Crippen LogP contribution in [0.25, 0.3) is 10.9 Å². The quantitative estimate of drug-likeness (QED) is 0.0400. The molecule has 0 unspecified atom stereocenters. The minimum atomic E-state index is -1.55. The van der Waals surface area contributed by atoms with Crippen LogP contribution in [0, 0.1) is 5.92 Å². The number of nitrogens with two attached hydrogens (primary N) is 2. The summed E-state index contributed by atoms with van der Waals surface area (Å²) in [6.07, 6.45) is 6.01. The molecule has 0 saturated carbocycles. The summed E-state index contributed by atoms with van der Waals surface area (Å²) in [5, 5.41) is 26.5. The second-order valence-electron chi connectivity index (χ2n) is 22.9. The third kappa shape index (κ3) is 14.9. The van der Waals surface area contributed by atoms with Gasteiger partial charge in [-0.15, -0.1) is 0 Å². The van der Waals surface area contributed by atoms with Gasteiger partial charge in [0.2, 0.25) is 70.9 Å². The number of hydrogen-bond donors (Lipinski definition) is 11. The Hall–Kier alpha value is -8.92. The zero-order valence-electron chi connectivity index (χ0n) is 48.2. The number of carboxylic acid groups (broad SMARTS) is 1. The lowest BCUT2D eigenvalue weighted by atomic mass is 9.96. The van der Waals surface area contributed by atoms with Gasteiger partial charge in [0.05, 0.1) is 12.7 Å². The standard InChI is InChI=1S/C57H77N15O14/c1-3-30(2)47(56(84)71-22-8-14-42(71)55(83)72-23-9-15-43(72)57(85)86)68-49(77)36(16-18-44(58)73)64-51(79)40-12-6-21-70(40)54(82)39(25-32-28-60-29-62-32)67-52(80)41-13-7-20-69(41)53(81)38(24-31-27-61-34-11-5-4-10-33(31)34)66-50(78)37(26-45(59)74)65-48(76)35-17-19-46(75)63-35/h4-5,10-11,27-30,35-43,47,61H,3,6-9,12-26H2,1-2H3,(H2,58,73)(H2,59,74)(H,60,62)(H,63,75)(H,64,79)(H,65,76)(H,66,78)(H,67,80)(H,68,77)(H,85,86)/t30-,35-,36-,37-,38-,39-,40-,41-,42-,43-,47-/m0/s1. The molecule has 8 rings (SSSR count). The maximum atomic E-state index is 15.0. The van der Waals surface area contributed by atoms with Gasteiger partial charge in [0.15, 0.2) is 0 Å². The number of rotatable bonds is 26. The van der Waals surface area contributed by atoms with E-state index < -0.39 is 144 Å². The van der Waals surface area contributed by atoms with Gasteiger partial charge in [-0.1, -0.05) is 38.5 Å². The first-order valence-corrected chi connectivity index (χ1v) is 29.5. The number of nitrogens with zero attached hydrogens (tertiary/aromatic N) is 5. The van der Waals surface area contributed by atoms with Crippen LogP contribution in [0.15, 0.2) is 43.0 Å². The number of hydrogen-bond acceptors (Lipinski definition) is 14. The molecule has 86 heavy (non-hydrogen) atoms. The molecule has 0 bridgehead atoms. The summed E-state index contributed by atoms with van der Waals surface area (Å²) in [6.45, 7) is 4.04. The van der Waals surface area contributed by atoms with Gasteiger partial charge >= 0.3 is 5.97 Å². The number of para-hydroxylation sites is 1. The number of H-pyrrole nitrogens is 2. The molecule has 0 radical (unpaired) electrons. The van der Waals surface area contributed by atoms with E-state index in [1.807, 2.05) is 18.2 Å². The highest BCUT2D eigenvalue weighted by Crippen LogP contribution is 2.29. The van der Waals surface area contributed by atoms with Crippen molar-refractivity contribution in [2.75, 3.05) is 26.2 Å². The van der Waals surface area contributed by atoms with Crippen LogP contribution in [0.1, 0.15) is 115 Å². The first-order valence-electron chi connectivity index (χ1n) is 29.5. The van der Waals surface area contributed by atoms with Crippen molar-refractivity contribution < 1.29 is 67.4 Å². The molecule has 0 aliphatic carbocycles.